The van der Waals surface area contributed by atoms with E-state index in [9.17, 15) is 9.90 Å². The van der Waals surface area contributed by atoms with Gasteiger partial charge in [-0.25, -0.2) is 14.8 Å². The molecule has 1 aromatic carbocycles. The smallest absolute Gasteiger partial charge is 0.354 e. The van der Waals surface area contributed by atoms with Gasteiger partial charge in [0.15, 0.2) is 10.8 Å². The molecule has 0 aliphatic heterocycles. The molecule has 21 heavy (non-hydrogen) atoms. The van der Waals surface area contributed by atoms with Crippen LogP contribution < -0.4 is 5.32 Å². The van der Waals surface area contributed by atoms with Gasteiger partial charge in [0.05, 0.1) is 16.9 Å². The number of fused-ring (bicyclic) bond motifs is 1. The lowest BCUT2D eigenvalue weighted by Gasteiger charge is -2.08. The Balaban J connectivity index is 2.13. The number of carbonyl (C=O) groups is 1. The van der Waals surface area contributed by atoms with E-state index in [1.807, 2.05) is 32.0 Å². The van der Waals surface area contributed by atoms with Gasteiger partial charge >= 0.3 is 5.97 Å². The molecule has 6 heteroatoms. The molecule has 3 rings (SSSR count). The van der Waals surface area contributed by atoms with Crippen LogP contribution in [0.2, 0.25) is 0 Å². The van der Waals surface area contributed by atoms with E-state index in [-0.39, 0.29) is 5.69 Å². The summed E-state index contributed by atoms with van der Waals surface area (Å²) in [5.74, 6) is -1.05. The van der Waals surface area contributed by atoms with Gasteiger partial charge in [-0.2, -0.15) is 0 Å². The van der Waals surface area contributed by atoms with Crippen LogP contribution in [0, 0.1) is 13.8 Å². The number of pyridine rings is 1. The maximum Gasteiger partial charge on any atom is 0.354 e. The van der Waals surface area contributed by atoms with Gasteiger partial charge in [-0.15, -0.1) is 11.3 Å². The van der Waals surface area contributed by atoms with Gasteiger partial charge < -0.3 is 10.4 Å². The minimum atomic E-state index is -1.05. The summed E-state index contributed by atoms with van der Waals surface area (Å²) >= 11 is 1.54. The molecule has 0 aliphatic rings. The van der Waals surface area contributed by atoms with Crippen LogP contribution in [-0.2, 0) is 0 Å². The Morgan fingerprint density at radius 1 is 1.24 bits per heavy atom. The number of anilines is 2. The summed E-state index contributed by atoms with van der Waals surface area (Å²) in [5.41, 5.74) is 2.33. The van der Waals surface area contributed by atoms with E-state index in [0.29, 0.717) is 11.2 Å². The SMILES string of the molecule is Cc1nc(Nc2cc(C(=O)O)nc3ccccc23)sc1C. The van der Waals surface area contributed by atoms with Crippen molar-refractivity contribution in [3.05, 3.63) is 46.6 Å². The number of hydrogen-bond acceptors (Lipinski definition) is 5. The molecule has 0 unspecified atom stereocenters. The average Bonchev–Trinajstić information content (AvgIpc) is 2.77. The van der Waals surface area contributed by atoms with Crippen LogP contribution in [0.5, 0.6) is 0 Å². The first kappa shape index (κ1) is 13.5. The molecule has 0 atom stereocenters. The second kappa shape index (κ2) is 5.14. The average molecular weight is 299 g/mol. The summed E-state index contributed by atoms with van der Waals surface area (Å²) < 4.78 is 0. The van der Waals surface area contributed by atoms with Crippen LogP contribution in [-0.4, -0.2) is 21.0 Å². The molecule has 0 bridgehead atoms. The van der Waals surface area contributed by atoms with Crippen LogP contribution in [0.3, 0.4) is 0 Å². The Morgan fingerprint density at radius 3 is 2.67 bits per heavy atom. The number of nitrogens with zero attached hydrogens (tertiary/aromatic N) is 2. The molecule has 106 valence electrons. The lowest BCUT2D eigenvalue weighted by Crippen LogP contribution is -2.02. The third kappa shape index (κ3) is 2.57. The molecular weight excluding hydrogens is 286 g/mol. The largest absolute Gasteiger partial charge is 0.477 e. The summed E-state index contributed by atoms with van der Waals surface area (Å²) in [7, 11) is 0. The number of carboxylic acid groups (broad SMARTS) is 1. The fourth-order valence-corrected chi connectivity index (χ4v) is 2.86. The van der Waals surface area contributed by atoms with Crippen LogP contribution >= 0.6 is 11.3 Å². The van der Waals surface area contributed by atoms with Crippen molar-refractivity contribution in [3.8, 4) is 0 Å². The molecule has 3 aromatic rings. The van der Waals surface area contributed by atoms with Gasteiger partial charge in [0.1, 0.15) is 0 Å². The van der Waals surface area contributed by atoms with Crippen LogP contribution in [0.15, 0.2) is 30.3 Å². The van der Waals surface area contributed by atoms with E-state index in [4.69, 9.17) is 0 Å². The third-order valence-electron chi connectivity index (χ3n) is 3.21. The van der Waals surface area contributed by atoms with Crippen molar-refractivity contribution in [1.29, 1.82) is 0 Å². The van der Waals surface area contributed by atoms with Gasteiger partial charge in [-0.1, -0.05) is 18.2 Å². The topological polar surface area (TPSA) is 75.1 Å². The summed E-state index contributed by atoms with van der Waals surface area (Å²) in [6.07, 6.45) is 0. The molecule has 5 nitrogen and oxygen atoms in total. The van der Waals surface area contributed by atoms with Crippen molar-refractivity contribution < 1.29 is 9.90 Å². The molecule has 0 saturated carbocycles. The lowest BCUT2D eigenvalue weighted by atomic mass is 10.1. The van der Waals surface area contributed by atoms with Crippen molar-refractivity contribution in [2.24, 2.45) is 0 Å². The van der Waals surface area contributed by atoms with Crippen LogP contribution in [0.4, 0.5) is 10.8 Å². The van der Waals surface area contributed by atoms with E-state index in [1.165, 1.54) is 6.07 Å². The number of para-hydroxylation sites is 1. The van der Waals surface area contributed by atoms with Crippen molar-refractivity contribution in [2.45, 2.75) is 13.8 Å². The van der Waals surface area contributed by atoms with Crippen molar-refractivity contribution in [2.75, 3.05) is 5.32 Å². The minimum Gasteiger partial charge on any atom is -0.477 e. The van der Waals surface area contributed by atoms with Crippen LogP contribution in [0.1, 0.15) is 21.1 Å². The zero-order valence-electron chi connectivity index (χ0n) is 11.5. The summed E-state index contributed by atoms with van der Waals surface area (Å²) in [4.78, 5) is 20.9. The summed E-state index contributed by atoms with van der Waals surface area (Å²) in [5, 5.41) is 14.0. The zero-order valence-corrected chi connectivity index (χ0v) is 12.4. The number of aryl methyl sites for hydroxylation is 2. The molecule has 0 fully saturated rings. The first-order valence-corrected chi connectivity index (χ1v) is 7.20. The number of carboxylic acids is 1. The number of thiazole rings is 1. The highest BCUT2D eigenvalue weighted by Crippen LogP contribution is 2.29. The normalized spacial score (nSPS) is 10.8. The second-order valence-electron chi connectivity index (χ2n) is 4.66. The number of nitrogens with one attached hydrogen (secondary N) is 1. The molecule has 2 aromatic heterocycles. The number of hydrogen-bond donors (Lipinski definition) is 2. The molecule has 0 radical (unpaired) electrons. The molecule has 0 amide bonds. The Labute approximate surface area is 125 Å². The van der Waals surface area contributed by atoms with Gasteiger partial charge in [0.25, 0.3) is 0 Å². The van der Waals surface area contributed by atoms with E-state index < -0.39 is 5.97 Å². The van der Waals surface area contributed by atoms with E-state index in [2.05, 4.69) is 15.3 Å². The second-order valence-corrected chi connectivity index (χ2v) is 5.87. The lowest BCUT2D eigenvalue weighted by molar-refractivity contribution is 0.0691. The number of aromatic nitrogens is 2. The van der Waals surface area contributed by atoms with E-state index in [1.54, 1.807) is 17.4 Å². The van der Waals surface area contributed by atoms with Gasteiger partial charge in [0.2, 0.25) is 0 Å². The predicted octanol–water partition coefficient (Wildman–Crippen LogP) is 3.75. The minimum absolute atomic E-state index is 0.0150. The highest BCUT2D eigenvalue weighted by molar-refractivity contribution is 7.15. The highest BCUT2D eigenvalue weighted by atomic mass is 32.1. The standard InChI is InChI=1S/C15H13N3O2S/c1-8-9(2)21-15(16-8)18-12-7-13(14(19)20)17-11-6-4-3-5-10(11)12/h3-7H,1-2H3,(H,19,20)(H,16,17,18). The molecule has 0 aliphatic carbocycles. The first-order valence-electron chi connectivity index (χ1n) is 6.39. The molecule has 0 spiro atoms. The fraction of sp³-hybridized carbons (Fsp3) is 0.133. The van der Waals surface area contributed by atoms with Gasteiger partial charge in [0, 0.05) is 10.3 Å². The number of rotatable bonds is 3. The molecular formula is C15H13N3O2S. The zero-order chi connectivity index (χ0) is 15.0. The van der Waals surface area contributed by atoms with Crippen molar-refractivity contribution in [3.63, 3.8) is 0 Å². The molecule has 2 N–H and O–H groups in total. The quantitative estimate of drug-likeness (QED) is 0.770. The Morgan fingerprint density at radius 2 is 2.00 bits per heavy atom. The monoisotopic (exact) mass is 299 g/mol. The van der Waals surface area contributed by atoms with Gasteiger partial charge in [-0.05, 0) is 26.0 Å². The van der Waals surface area contributed by atoms with Crippen molar-refractivity contribution in [1.82, 2.24) is 9.97 Å². The Kier molecular flexibility index (Phi) is 3.31. The number of aromatic carboxylic acids is 1. The highest BCUT2D eigenvalue weighted by Gasteiger charge is 2.12. The summed E-state index contributed by atoms with van der Waals surface area (Å²) in [6.45, 7) is 3.95. The van der Waals surface area contributed by atoms with E-state index in [0.717, 1.165) is 21.1 Å². The van der Waals surface area contributed by atoms with E-state index >= 15 is 0 Å². The maximum atomic E-state index is 11.2. The van der Waals surface area contributed by atoms with Crippen LogP contribution in [0.25, 0.3) is 10.9 Å². The van der Waals surface area contributed by atoms with Gasteiger partial charge in [-0.3, -0.25) is 0 Å². The third-order valence-corrected chi connectivity index (χ3v) is 4.19. The Bertz CT molecular complexity index is 823. The maximum absolute atomic E-state index is 11.2. The predicted molar refractivity (Wildman–Crippen MR) is 83.6 cm³/mol. The van der Waals surface area contributed by atoms with Crippen molar-refractivity contribution >= 4 is 39.0 Å². The Hall–Kier alpha value is -2.47. The molecule has 0 saturated heterocycles. The first-order chi connectivity index (χ1) is 10.0. The fourth-order valence-electron chi connectivity index (χ4n) is 2.03. The summed E-state index contributed by atoms with van der Waals surface area (Å²) in [6, 6.07) is 8.97. The molecule has 2 heterocycles. The number of benzene rings is 1.